The highest BCUT2D eigenvalue weighted by molar-refractivity contribution is 5.94. The summed E-state index contributed by atoms with van der Waals surface area (Å²) in [5.74, 6) is 1.63. The Bertz CT molecular complexity index is 660. The van der Waals surface area contributed by atoms with Crippen LogP contribution in [0.25, 0.3) is 0 Å². The van der Waals surface area contributed by atoms with Gasteiger partial charge in [0, 0.05) is 37.8 Å². The molecule has 1 amide bonds. The highest BCUT2D eigenvalue weighted by atomic mass is 16.5. The van der Waals surface area contributed by atoms with Gasteiger partial charge in [0.2, 0.25) is 0 Å². The molecule has 3 rings (SSSR count). The third-order valence-corrected chi connectivity index (χ3v) is 4.41. The van der Waals surface area contributed by atoms with Gasteiger partial charge in [-0.1, -0.05) is 18.2 Å². The number of carbonyl (C=O) groups excluding carboxylic acids is 1. The zero-order valence-corrected chi connectivity index (χ0v) is 14.3. The number of hydrogen-bond donors (Lipinski definition) is 0. The first-order chi connectivity index (χ1) is 11.6. The minimum absolute atomic E-state index is 0.102. The van der Waals surface area contributed by atoms with E-state index in [0.717, 1.165) is 37.7 Å². The highest BCUT2D eigenvalue weighted by Crippen LogP contribution is 2.21. The van der Waals surface area contributed by atoms with E-state index in [2.05, 4.69) is 18.7 Å². The lowest BCUT2D eigenvalue weighted by molar-refractivity contribution is 0.0595. The number of benzene rings is 2. The van der Waals surface area contributed by atoms with E-state index < -0.39 is 0 Å². The summed E-state index contributed by atoms with van der Waals surface area (Å²) in [6.45, 7) is 7.86. The minimum atomic E-state index is 0.102. The molecular formula is C20H24N2O2. The summed E-state index contributed by atoms with van der Waals surface area (Å²) in [5.41, 5.74) is 0.716. The lowest BCUT2D eigenvalue weighted by Gasteiger charge is -2.37. The van der Waals surface area contributed by atoms with Gasteiger partial charge < -0.3 is 9.64 Å². The van der Waals surface area contributed by atoms with Crippen LogP contribution in [0.4, 0.5) is 0 Å². The Morgan fingerprint density at radius 3 is 2.04 bits per heavy atom. The molecule has 0 unspecified atom stereocenters. The van der Waals surface area contributed by atoms with Crippen LogP contribution in [-0.4, -0.2) is 47.9 Å². The largest absolute Gasteiger partial charge is 0.457 e. The lowest BCUT2D eigenvalue weighted by Crippen LogP contribution is -2.50. The van der Waals surface area contributed by atoms with Crippen molar-refractivity contribution < 1.29 is 9.53 Å². The van der Waals surface area contributed by atoms with Crippen LogP contribution in [0.3, 0.4) is 0 Å². The zero-order chi connectivity index (χ0) is 16.9. The van der Waals surface area contributed by atoms with Crippen molar-refractivity contribution in [3.8, 4) is 11.5 Å². The standard InChI is InChI=1S/C20H24N2O2/c1-16(2)21-12-14-22(15-13-21)20(23)17-8-10-19(11-9-17)24-18-6-4-3-5-7-18/h3-11,16H,12-15H2,1-2H3. The van der Waals surface area contributed by atoms with E-state index in [1.54, 1.807) is 0 Å². The molecule has 0 spiro atoms. The van der Waals surface area contributed by atoms with Crippen molar-refractivity contribution in [3.05, 3.63) is 60.2 Å². The van der Waals surface area contributed by atoms with Gasteiger partial charge in [-0.3, -0.25) is 9.69 Å². The molecule has 126 valence electrons. The fourth-order valence-corrected chi connectivity index (χ4v) is 2.91. The molecule has 1 fully saturated rings. The van der Waals surface area contributed by atoms with E-state index in [-0.39, 0.29) is 5.91 Å². The van der Waals surface area contributed by atoms with Crippen LogP contribution in [0.5, 0.6) is 11.5 Å². The van der Waals surface area contributed by atoms with Crippen LogP contribution >= 0.6 is 0 Å². The molecule has 0 bridgehead atoms. The fraction of sp³-hybridized carbons (Fsp3) is 0.350. The van der Waals surface area contributed by atoms with E-state index in [9.17, 15) is 4.79 Å². The van der Waals surface area contributed by atoms with Crippen molar-refractivity contribution in [3.63, 3.8) is 0 Å². The minimum Gasteiger partial charge on any atom is -0.457 e. The van der Waals surface area contributed by atoms with Crippen molar-refractivity contribution in [2.75, 3.05) is 26.2 Å². The van der Waals surface area contributed by atoms with E-state index in [1.807, 2.05) is 59.5 Å². The highest BCUT2D eigenvalue weighted by Gasteiger charge is 2.23. The van der Waals surface area contributed by atoms with Crippen LogP contribution in [-0.2, 0) is 0 Å². The molecule has 4 heteroatoms. The maximum Gasteiger partial charge on any atom is 0.253 e. The predicted molar refractivity (Wildman–Crippen MR) is 95.6 cm³/mol. The summed E-state index contributed by atoms with van der Waals surface area (Å²) in [6.07, 6.45) is 0. The van der Waals surface area contributed by atoms with Gasteiger partial charge in [-0.05, 0) is 50.2 Å². The first-order valence-electron chi connectivity index (χ1n) is 8.50. The molecule has 2 aromatic carbocycles. The first-order valence-corrected chi connectivity index (χ1v) is 8.50. The van der Waals surface area contributed by atoms with Gasteiger partial charge in [-0.15, -0.1) is 0 Å². The second-order valence-electron chi connectivity index (χ2n) is 6.36. The van der Waals surface area contributed by atoms with Crippen molar-refractivity contribution in [2.45, 2.75) is 19.9 Å². The Morgan fingerprint density at radius 1 is 0.875 bits per heavy atom. The van der Waals surface area contributed by atoms with Gasteiger partial charge in [0.1, 0.15) is 11.5 Å². The summed E-state index contributed by atoms with van der Waals surface area (Å²) in [7, 11) is 0. The molecule has 0 atom stereocenters. The second kappa shape index (κ2) is 7.49. The molecule has 1 aliphatic heterocycles. The fourth-order valence-electron chi connectivity index (χ4n) is 2.91. The van der Waals surface area contributed by atoms with Gasteiger partial charge in [0.05, 0.1) is 0 Å². The predicted octanol–water partition coefficient (Wildman–Crippen LogP) is 3.65. The molecule has 1 saturated heterocycles. The Labute approximate surface area is 143 Å². The summed E-state index contributed by atoms with van der Waals surface area (Å²) >= 11 is 0. The van der Waals surface area contributed by atoms with Gasteiger partial charge >= 0.3 is 0 Å². The maximum absolute atomic E-state index is 12.6. The topological polar surface area (TPSA) is 32.8 Å². The Balaban J connectivity index is 1.60. The number of piperazine rings is 1. The monoisotopic (exact) mass is 324 g/mol. The van der Waals surface area contributed by atoms with Crippen LogP contribution in [0.1, 0.15) is 24.2 Å². The van der Waals surface area contributed by atoms with Crippen LogP contribution in [0.2, 0.25) is 0 Å². The lowest BCUT2D eigenvalue weighted by atomic mass is 10.1. The van der Waals surface area contributed by atoms with E-state index in [1.165, 1.54) is 0 Å². The average molecular weight is 324 g/mol. The molecule has 24 heavy (non-hydrogen) atoms. The molecule has 2 aromatic rings. The van der Waals surface area contributed by atoms with Crippen molar-refractivity contribution in [1.82, 2.24) is 9.80 Å². The molecule has 0 saturated carbocycles. The Kier molecular flexibility index (Phi) is 5.16. The SMILES string of the molecule is CC(C)N1CCN(C(=O)c2ccc(Oc3ccccc3)cc2)CC1. The molecule has 0 aromatic heterocycles. The second-order valence-corrected chi connectivity index (χ2v) is 6.36. The summed E-state index contributed by atoms with van der Waals surface area (Å²) in [6, 6.07) is 17.6. The number of ether oxygens (including phenoxy) is 1. The molecule has 0 N–H and O–H groups in total. The quantitative estimate of drug-likeness (QED) is 0.861. The number of carbonyl (C=O) groups is 1. The smallest absolute Gasteiger partial charge is 0.253 e. The number of hydrogen-bond acceptors (Lipinski definition) is 3. The number of nitrogens with zero attached hydrogens (tertiary/aromatic N) is 2. The number of amides is 1. The van der Waals surface area contributed by atoms with E-state index >= 15 is 0 Å². The first kappa shape index (κ1) is 16.5. The molecular weight excluding hydrogens is 300 g/mol. The number of para-hydroxylation sites is 1. The van der Waals surface area contributed by atoms with E-state index in [4.69, 9.17) is 4.74 Å². The zero-order valence-electron chi connectivity index (χ0n) is 14.3. The summed E-state index contributed by atoms with van der Waals surface area (Å²) in [4.78, 5) is 17.0. The van der Waals surface area contributed by atoms with E-state index in [0.29, 0.717) is 11.6 Å². The molecule has 4 nitrogen and oxygen atoms in total. The van der Waals surface area contributed by atoms with Gasteiger partial charge in [0.15, 0.2) is 0 Å². The Morgan fingerprint density at radius 2 is 1.46 bits per heavy atom. The van der Waals surface area contributed by atoms with Crippen molar-refractivity contribution >= 4 is 5.91 Å². The molecule has 1 heterocycles. The summed E-state index contributed by atoms with van der Waals surface area (Å²) < 4.78 is 5.77. The normalized spacial score (nSPS) is 15.5. The van der Waals surface area contributed by atoms with Gasteiger partial charge in [0.25, 0.3) is 5.91 Å². The maximum atomic E-state index is 12.6. The third-order valence-electron chi connectivity index (χ3n) is 4.41. The van der Waals surface area contributed by atoms with Crippen LogP contribution in [0.15, 0.2) is 54.6 Å². The third kappa shape index (κ3) is 3.95. The van der Waals surface area contributed by atoms with Crippen LogP contribution in [0, 0.1) is 0 Å². The van der Waals surface area contributed by atoms with Crippen molar-refractivity contribution in [1.29, 1.82) is 0 Å². The molecule has 1 aliphatic rings. The van der Waals surface area contributed by atoms with Gasteiger partial charge in [-0.25, -0.2) is 0 Å². The summed E-state index contributed by atoms with van der Waals surface area (Å²) in [5, 5.41) is 0. The van der Waals surface area contributed by atoms with Crippen LogP contribution < -0.4 is 4.74 Å². The molecule has 0 radical (unpaired) electrons. The van der Waals surface area contributed by atoms with Crippen molar-refractivity contribution in [2.24, 2.45) is 0 Å². The number of rotatable bonds is 4. The molecule has 0 aliphatic carbocycles. The average Bonchev–Trinajstić information content (AvgIpc) is 2.63. The van der Waals surface area contributed by atoms with Gasteiger partial charge in [-0.2, -0.15) is 0 Å². The Hall–Kier alpha value is -2.33.